The Labute approximate surface area is 228 Å². The molecule has 4 rings (SSSR count). The molecule has 0 aliphatic rings. The second kappa shape index (κ2) is 12.2. The van der Waals surface area contributed by atoms with Gasteiger partial charge in [-0.25, -0.2) is 0 Å². The number of nitrogens with zero attached hydrogens (tertiary/aromatic N) is 4. The summed E-state index contributed by atoms with van der Waals surface area (Å²) in [5, 5.41) is 3.29. The fourth-order valence-corrected chi connectivity index (χ4v) is 3.84. The van der Waals surface area contributed by atoms with Crippen molar-refractivity contribution in [2.45, 2.75) is 0 Å². The van der Waals surface area contributed by atoms with E-state index in [1.165, 1.54) is 0 Å². The first kappa shape index (κ1) is 26.6. The maximum atomic E-state index is 12.9. The first-order chi connectivity index (χ1) is 18.3. The lowest BCUT2D eigenvalue weighted by atomic mass is 10.1. The molecular formula is C31H30ClN5O. The minimum Gasteiger partial charge on any atom is -0.378 e. The van der Waals surface area contributed by atoms with E-state index in [0.717, 1.165) is 22.5 Å². The molecule has 0 aromatic heterocycles. The quantitative estimate of drug-likeness (QED) is 0.248. The third-order valence-electron chi connectivity index (χ3n) is 5.85. The Balaban J connectivity index is 1.40. The van der Waals surface area contributed by atoms with Gasteiger partial charge in [-0.15, -0.1) is 0 Å². The second-order valence-corrected chi connectivity index (χ2v) is 9.56. The SMILES string of the molecule is CN(C)c1ccc(C=Nc2cccc(C(=O)Nc3ccc(N=Cc4ccc(N(C)C)cc4)cc3Cl)c2)cc1. The predicted octanol–water partition coefficient (Wildman–Crippen LogP) is 7.23. The van der Waals surface area contributed by atoms with Gasteiger partial charge in [0, 0.05) is 57.6 Å². The van der Waals surface area contributed by atoms with Gasteiger partial charge in [-0.3, -0.25) is 14.8 Å². The summed E-state index contributed by atoms with van der Waals surface area (Å²) in [7, 11) is 8.01. The minimum atomic E-state index is -0.267. The van der Waals surface area contributed by atoms with Gasteiger partial charge >= 0.3 is 0 Å². The molecule has 0 aliphatic carbocycles. The Kier molecular flexibility index (Phi) is 8.56. The zero-order valence-electron chi connectivity index (χ0n) is 21.9. The number of amides is 1. The van der Waals surface area contributed by atoms with E-state index in [1.807, 2.05) is 98.7 Å². The molecule has 0 spiro atoms. The summed E-state index contributed by atoms with van der Waals surface area (Å²) in [6.07, 6.45) is 3.56. The maximum Gasteiger partial charge on any atom is 0.255 e. The lowest BCUT2D eigenvalue weighted by Gasteiger charge is -2.11. The summed E-state index contributed by atoms with van der Waals surface area (Å²) >= 11 is 6.46. The first-order valence-corrected chi connectivity index (χ1v) is 12.5. The van der Waals surface area contributed by atoms with Crippen LogP contribution in [0.4, 0.5) is 28.4 Å². The van der Waals surface area contributed by atoms with Crippen molar-refractivity contribution in [3.63, 3.8) is 0 Å². The molecule has 1 N–H and O–H groups in total. The molecule has 0 aliphatic heterocycles. The van der Waals surface area contributed by atoms with Crippen LogP contribution in [-0.2, 0) is 0 Å². The lowest BCUT2D eigenvalue weighted by molar-refractivity contribution is 0.102. The van der Waals surface area contributed by atoms with Gasteiger partial charge in [-0.05, 0) is 71.8 Å². The van der Waals surface area contributed by atoms with Crippen LogP contribution in [0.5, 0.6) is 0 Å². The molecule has 0 unspecified atom stereocenters. The van der Waals surface area contributed by atoms with Crippen molar-refractivity contribution in [1.82, 2.24) is 0 Å². The third kappa shape index (κ3) is 7.08. The Bertz CT molecular complexity index is 1460. The monoisotopic (exact) mass is 523 g/mol. The molecule has 192 valence electrons. The summed E-state index contributed by atoms with van der Waals surface area (Å²) in [5.41, 5.74) is 6.58. The normalized spacial score (nSPS) is 11.2. The van der Waals surface area contributed by atoms with Gasteiger partial charge in [0.15, 0.2) is 0 Å². The Morgan fingerprint density at radius 1 is 0.711 bits per heavy atom. The highest BCUT2D eigenvalue weighted by Gasteiger charge is 2.10. The lowest BCUT2D eigenvalue weighted by Crippen LogP contribution is -2.11. The number of hydrogen-bond donors (Lipinski definition) is 1. The summed E-state index contributed by atoms with van der Waals surface area (Å²) in [5.74, 6) is -0.267. The van der Waals surface area contributed by atoms with E-state index in [-0.39, 0.29) is 5.91 Å². The van der Waals surface area contributed by atoms with Crippen LogP contribution in [0.1, 0.15) is 21.5 Å². The summed E-state index contributed by atoms with van der Waals surface area (Å²) in [6.45, 7) is 0. The van der Waals surface area contributed by atoms with Gasteiger partial charge in [0.1, 0.15) is 0 Å². The Morgan fingerprint density at radius 3 is 1.74 bits per heavy atom. The summed E-state index contributed by atoms with van der Waals surface area (Å²) < 4.78 is 0. The number of carbonyl (C=O) groups excluding carboxylic acids is 1. The van der Waals surface area contributed by atoms with Crippen molar-refractivity contribution in [3.8, 4) is 0 Å². The summed E-state index contributed by atoms with van der Waals surface area (Å²) in [6, 6.07) is 28.6. The van der Waals surface area contributed by atoms with Crippen molar-refractivity contribution in [2.24, 2.45) is 9.98 Å². The third-order valence-corrected chi connectivity index (χ3v) is 6.17. The van der Waals surface area contributed by atoms with Crippen LogP contribution in [0.2, 0.25) is 5.02 Å². The van der Waals surface area contributed by atoms with Crippen molar-refractivity contribution in [3.05, 3.63) is 113 Å². The van der Waals surface area contributed by atoms with Gasteiger partial charge in [0.05, 0.1) is 22.1 Å². The number of halogens is 1. The van der Waals surface area contributed by atoms with E-state index in [1.54, 1.807) is 42.8 Å². The number of carbonyl (C=O) groups is 1. The van der Waals surface area contributed by atoms with Gasteiger partial charge in [0.25, 0.3) is 5.91 Å². The largest absolute Gasteiger partial charge is 0.378 e. The zero-order valence-corrected chi connectivity index (χ0v) is 22.6. The number of aliphatic imine (C=N–C) groups is 2. The van der Waals surface area contributed by atoms with Crippen LogP contribution in [-0.4, -0.2) is 46.5 Å². The van der Waals surface area contributed by atoms with Crippen LogP contribution < -0.4 is 15.1 Å². The van der Waals surface area contributed by atoms with E-state index in [9.17, 15) is 4.79 Å². The fourth-order valence-electron chi connectivity index (χ4n) is 3.62. The molecule has 0 bridgehead atoms. The molecule has 0 heterocycles. The van der Waals surface area contributed by atoms with Crippen molar-refractivity contribution < 1.29 is 4.79 Å². The standard InChI is InChI=1S/C31H30ClN5O/c1-36(2)27-13-8-22(9-14-27)20-33-25-7-5-6-24(18-25)31(38)35-30-17-12-26(19-29(30)32)34-21-23-10-15-28(16-11-23)37(3)4/h5-21H,1-4H3,(H,35,38). The van der Waals surface area contributed by atoms with Crippen LogP contribution >= 0.6 is 11.6 Å². The number of anilines is 3. The molecule has 4 aromatic carbocycles. The Hall–Kier alpha value is -4.42. The molecule has 0 saturated carbocycles. The molecule has 0 saturated heterocycles. The van der Waals surface area contributed by atoms with E-state index in [4.69, 9.17) is 11.6 Å². The predicted molar refractivity (Wildman–Crippen MR) is 162 cm³/mol. The fraction of sp³-hybridized carbons (Fsp3) is 0.129. The highest BCUT2D eigenvalue weighted by molar-refractivity contribution is 6.34. The van der Waals surface area contributed by atoms with Gasteiger partial charge in [-0.2, -0.15) is 0 Å². The van der Waals surface area contributed by atoms with E-state index in [2.05, 4.69) is 15.3 Å². The Morgan fingerprint density at radius 2 is 1.24 bits per heavy atom. The highest BCUT2D eigenvalue weighted by atomic mass is 35.5. The van der Waals surface area contributed by atoms with Crippen LogP contribution in [0.3, 0.4) is 0 Å². The number of hydrogen-bond acceptors (Lipinski definition) is 5. The highest BCUT2D eigenvalue weighted by Crippen LogP contribution is 2.28. The molecule has 4 aromatic rings. The molecule has 38 heavy (non-hydrogen) atoms. The molecule has 1 amide bonds. The number of rotatable bonds is 8. The van der Waals surface area contributed by atoms with E-state index < -0.39 is 0 Å². The van der Waals surface area contributed by atoms with Crippen molar-refractivity contribution in [1.29, 1.82) is 0 Å². The minimum absolute atomic E-state index is 0.267. The smallest absolute Gasteiger partial charge is 0.255 e. The van der Waals surface area contributed by atoms with E-state index in [0.29, 0.717) is 27.6 Å². The molecule has 0 radical (unpaired) electrons. The molecule has 6 nitrogen and oxygen atoms in total. The van der Waals surface area contributed by atoms with Crippen LogP contribution in [0.25, 0.3) is 0 Å². The molecular weight excluding hydrogens is 494 g/mol. The molecule has 7 heteroatoms. The van der Waals surface area contributed by atoms with Crippen molar-refractivity contribution in [2.75, 3.05) is 43.3 Å². The van der Waals surface area contributed by atoms with E-state index >= 15 is 0 Å². The van der Waals surface area contributed by atoms with Gasteiger partial charge < -0.3 is 15.1 Å². The number of benzene rings is 4. The van der Waals surface area contributed by atoms with Crippen LogP contribution in [0.15, 0.2) is 101 Å². The second-order valence-electron chi connectivity index (χ2n) is 9.16. The van der Waals surface area contributed by atoms with Gasteiger partial charge in [0.2, 0.25) is 0 Å². The molecule has 0 fully saturated rings. The van der Waals surface area contributed by atoms with Crippen molar-refractivity contribution >= 4 is 58.4 Å². The maximum absolute atomic E-state index is 12.9. The zero-order chi connectivity index (χ0) is 27.1. The molecule has 0 atom stereocenters. The summed E-state index contributed by atoms with van der Waals surface area (Å²) in [4.78, 5) is 26.0. The average molecular weight is 524 g/mol. The van der Waals surface area contributed by atoms with Gasteiger partial charge in [-0.1, -0.05) is 41.9 Å². The average Bonchev–Trinajstić information content (AvgIpc) is 2.92. The first-order valence-electron chi connectivity index (χ1n) is 12.1. The number of nitrogens with one attached hydrogen (secondary N) is 1. The topological polar surface area (TPSA) is 60.3 Å². The van der Waals surface area contributed by atoms with Crippen LogP contribution in [0, 0.1) is 0 Å².